The highest BCUT2D eigenvalue weighted by Crippen LogP contribution is 2.10. The van der Waals surface area contributed by atoms with Crippen LogP contribution < -0.4 is 10.6 Å². The Morgan fingerprint density at radius 2 is 2.38 bits per heavy atom. The first-order chi connectivity index (χ1) is 11.8. The van der Waals surface area contributed by atoms with Crippen LogP contribution in [0.25, 0.3) is 5.82 Å². The number of nitrogens with one attached hydrogen (secondary N) is 2. The molecule has 0 aliphatic carbocycles. The molecular weight excluding hydrogens is 304 g/mol. The van der Waals surface area contributed by atoms with Gasteiger partial charge in [0.05, 0.1) is 12.6 Å². The van der Waals surface area contributed by atoms with Gasteiger partial charge in [-0.1, -0.05) is 6.07 Å². The van der Waals surface area contributed by atoms with Gasteiger partial charge in [-0.25, -0.2) is 15.0 Å². The van der Waals surface area contributed by atoms with Crippen LogP contribution in [0.3, 0.4) is 0 Å². The molecule has 3 heterocycles. The zero-order valence-electron chi connectivity index (χ0n) is 14.0. The molecule has 2 aromatic heterocycles. The van der Waals surface area contributed by atoms with E-state index in [1.54, 1.807) is 12.5 Å². The topological polar surface area (TPSA) is 76.4 Å². The molecule has 128 valence electrons. The summed E-state index contributed by atoms with van der Waals surface area (Å²) in [7, 11) is 0. The fourth-order valence-electron chi connectivity index (χ4n) is 2.59. The number of aliphatic imine (C=N–C) groups is 1. The Bertz CT molecular complexity index is 632. The van der Waals surface area contributed by atoms with Crippen molar-refractivity contribution in [2.45, 2.75) is 32.4 Å². The molecule has 3 rings (SSSR count). The van der Waals surface area contributed by atoms with Gasteiger partial charge >= 0.3 is 0 Å². The Morgan fingerprint density at radius 1 is 1.42 bits per heavy atom. The molecule has 0 amide bonds. The molecule has 7 nitrogen and oxygen atoms in total. The summed E-state index contributed by atoms with van der Waals surface area (Å²) in [6.45, 7) is 5.14. The second kappa shape index (κ2) is 8.44. The van der Waals surface area contributed by atoms with Crippen LogP contribution in [-0.4, -0.2) is 46.3 Å². The summed E-state index contributed by atoms with van der Waals surface area (Å²) in [6.07, 6.45) is 9.76. The highest BCUT2D eigenvalue weighted by Gasteiger charge is 2.15. The fourth-order valence-corrected chi connectivity index (χ4v) is 2.59. The lowest BCUT2D eigenvalue weighted by molar-refractivity contribution is 0.114. The number of hydrogen-bond donors (Lipinski definition) is 2. The van der Waals surface area contributed by atoms with Gasteiger partial charge in [-0.3, -0.25) is 4.57 Å². The van der Waals surface area contributed by atoms with Crippen LogP contribution in [0.5, 0.6) is 0 Å². The zero-order chi connectivity index (χ0) is 16.6. The lowest BCUT2D eigenvalue weighted by Crippen LogP contribution is -2.41. The van der Waals surface area contributed by atoms with Gasteiger partial charge in [0.25, 0.3) is 0 Å². The molecular formula is C17H24N6O. The van der Waals surface area contributed by atoms with Gasteiger partial charge in [-0.2, -0.15) is 0 Å². The fraction of sp³-hybridized carbons (Fsp3) is 0.471. The summed E-state index contributed by atoms with van der Waals surface area (Å²) in [6, 6.07) is 4.01. The van der Waals surface area contributed by atoms with Crippen molar-refractivity contribution in [3.63, 3.8) is 0 Å². The minimum absolute atomic E-state index is 0.296. The highest BCUT2D eigenvalue weighted by atomic mass is 16.5. The summed E-state index contributed by atoms with van der Waals surface area (Å²) < 4.78 is 7.51. The molecule has 1 aliphatic heterocycles. The number of ether oxygens (including phenoxy) is 1. The number of nitrogens with zero attached hydrogens (tertiary/aromatic N) is 4. The first-order valence-corrected chi connectivity index (χ1v) is 8.42. The minimum Gasteiger partial charge on any atom is -0.376 e. The van der Waals surface area contributed by atoms with Crippen LogP contribution in [-0.2, 0) is 11.3 Å². The predicted octanol–water partition coefficient (Wildman–Crippen LogP) is 1.50. The molecule has 1 fully saturated rings. The second-order valence-corrected chi connectivity index (χ2v) is 5.71. The van der Waals surface area contributed by atoms with E-state index in [-0.39, 0.29) is 0 Å². The lowest BCUT2D eigenvalue weighted by Gasteiger charge is -2.14. The Labute approximate surface area is 142 Å². The van der Waals surface area contributed by atoms with Crippen molar-refractivity contribution in [1.29, 1.82) is 0 Å². The maximum absolute atomic E-state index is 5.63. The maximum Gasteiger partial charge on any atom is 0.191 e. The van der Waals surface area contributed by atoms with Gasteiger partial charge < -0.3 is 15.4 Å². The molecule has 1 saturated heterocycles. The molecule has 1 unspecified atom stereocenters. The van der Waals surface area contributed by atoms with E-state index in [0.717, 1.165) is 49.9 Å². The molecule has 7 heteroatoms. The van der Waals surface area contributed by atoms with E-state index in [2.05, 4.69) is 32.5 Å². The van der Waals surface area contributed by atoms with Crippen LogP contribution >= 0.6 is 0 Å². The molecule has 0 radical (unpaired) electrons. The Hall–Kier alpha value is -2.41. The second-order valence-electron chi connectivity index (χ2n) is 5.71. The summed E-state index contributed by atoms with van der Waals surface area (Å²) in [5, 5.41) is 6.61. The van der Waals surface area contributed by atoms with Crippen molar-refractivity contribution >= 4 is 5.96 Å². The third-order valence-corrected chi connectivity index (χ3v) is 3.86. The third kappa shape index (κ3) is 4.55. The quantitative estimate of drug-likeness (QED) is 0.621. The zero-order valence-corrected chi connectivity index (χ0v) is 14.0. The molecule has 0 aromatic carbocycles. The van der Waals surface area contributed by atoms with Crippen LogP contribution in [0.4, 0.5) is 0 Å². The van der Waals surface area contributed by atoms with E-state index in [4.69, 9.17) is 4.74 Å². The molecule has 0 spiro atoms. The van der Waals surface area contributed by atoms with E-state index < -0.39 is 0 Å². The molecule has 0 bridgehead atoms. The van der Waals surface area contributed by atoms with Gasteiger partial charge in [0.1, 0.15) is 12.1 Å². The van der Waals surface area contributed by atoms with E-state index in [9.17, 15) is 0 Å². The standard InChI is InChI=1S/C17H24N6O/c1-2-19-17(22-12-15-4-3-9-24-15)21-11-14-5-6-16(20-10-14)23-8-7-18-13-23/h5-8,10,13,15H,2-4,9,11-12H2,1H3,(H2,19,21,22). The van der Waals surface area contributed by atoms with Crippen LogP contribution in [0.2, 0.25) is 0 Å². The first kappa shape index (κ1) is 16.4. The number of rotatable bonds is 6. The summed E-state index contributed by atoms with van der Waals surface area (Å²) in [5.41, 5.74) is 1.06. The van der Waals surface area contributed by atoms with E-state index in [0.29, 0.717) is 12.6 Å². The van der Waals surface area contributed by atoms with E-state index >= 15 is 0 Å². The molecule has 2 aromatic rings. The Kier molecular flexibility index (Phi) is 5.79. The maximum atomic E-state index is 5.63. The van der Waals surface area contributed by atoms with Crippen molar-refractivity contribution in [3.05, 3.63) is 42.6 Å². The number of guanidine groups is 1. The monoisotopic (exact) mass is 328 g/mol. The van der Waals surface area contributed by atoms with Gasteiger partial charge in [0.2, 0.25) is 0 Å². The highest BCUT2D eigenvalue weighted by molar-refractivity contribution is 5.79. The summed E-state index contributed by atoms with van der Waals surface area (Å²) in [5.74, 6) is 1.66. The first-order valence-electron chi connectivity index (χ1n) is 8.42. The van der Waals surface area contributed by atoms with Crippen molar-refractivity contribution in [2.24, 2.45) is 4.99 Å². The SMILES string of the molecule is CCNC(=NCc1ccc(-n2ccnc2)nc1)NCC1CCCO1. The van der Waals surface area contributed by atoms with Crippen molar-refractivity contribution in [1.82, 2.24) is 25.2 Å². The lowest BCUT2D eigenvalue weighted by atomic mass is 10.2. The molecule has 1 atom stereocenters. The van der Waals surface area contributed by atoms with Crippen molar-refractivity contribution < 1.29 is 4.74 Å². The van der Waals surface area contributed by atoms with Crippen LogP contribution in [0.1, 0.15) is 25.3 Å². The minimum atomic E-state index is 0.296. The number of pyridine rings is 1. The summed E-state index contributed by atoms with van der Waals surface area (Å²) in [4.78, 5) is 13.1. The smallest absolute Gasteiger partial charge is 0.191 e. The average Bonchev–Trinajstić information content (AvgIpc) is 3.31. The molecule has 24 heavy (non-hydrogen) atoms. The van der Waals surface area contributed by atoms with Crippen molar-refractivity contribution in [3.8, 4) is 5.82 Å². The van der Waals surface area contributed by atoms with Gasteiger partial charge in [0.15, 0.2) is 5.96 Å². The van der Waals surface area contributed by atoms with E-state index in [1.807, 2.05) is 29.1 Å². The largest absolute Gasteiger partial charge is 0.376 e. The van der Waals surface area contributed by atoms with Gasteiger partial charge in [-0.05, 0) is 31.4 Å². The average molecular weight is 328 g/mol. The molecule has 2 N–H and O–H groups in total. The number of imidazole rings is 1. The van der Waals surface area contributed by atoms with Gasteiger partial charge in [0, 0.05) is 38.3 Å². The Morgan fingerprint density at radius 3 is 3.04 bits per heavy atom. The van der Waals surface area contributed by atoms with Crippen LogP contribution in [0.15, 0.2) is 42.0 Å². The number of hydrogen-bond acceptors (Lipinski definition) is 4. The normalized spacial score (nSPS) is 17.9. The van der Waals surface area contributed by atoms with Crippen LogP contribution in [0, 0.1) is 0 Å². The van der Waals surface area contributed by atoms with Crippen molar-refractivity contribution in [2.75, 3.05) is 19.7 Å². The third-order valence-electron chi connectivity index (χ3n) is 3.86. The number of aromatic nitrogens is 3. The summed E-state index contributed by atoms with van der Waals surface area (Å²) >= 11 is 0. The molecule has 0 saturated carbocycles. The Balaban J connectivity index is 1.56. The van der Waals surface area contributed by atoms with E-state index in [1.165, 1.54) is 0 Å². The predicted molar refractivity (Wildman–Crippen MR) is 93.2 cm³/mol. The van der Waals surface area contributed by atoms with Gasteiger partial charge in [-0.15, -0.1) is 0 Å². The molecule has 1 aliphatic rings.